The van der Waals surface area contributed by atoms with E-state index >= 15 is 0 Å². The van der Waals surface area contributed by atoms with Gasteiger partial charge in [-0.25, -0.2) is 9.97 Å². The molecule has 0 N–H and O–H groups in total. The summed E-state index contributed by atoms with van der Waals surface area (Å²) in [5.41, 5.74) is 7.65. The van der Waals surface area contributed by atoms with Crippen LogP contribution in [0.25, 0.3) is 75.0 Å². The van der Waals surface area contributed by atoms with Crippen molar-refractivity contribution in [3.8, 4) is 22.4 Å². The van der Waals surface area contributed by atoms with Gasteiger partial charge in [-0.2, -0.15) is 0 Å². The van der Waals surface area contributed by atoms with Gasteiger partial charge in [-0.3, -0.25) is 4.90 Å². The predicted octanol–water partition coefficient (Wildman–Crippen LogP) is 11.4. The van der Waals surface area contributed by atoms with Crippen LogP contribution in [0.4, 0.5) is 17.3 Å². The van der Waals surface area contributed by atoms with Gasteiger partial charge in [-0.15, -0.1) is 11.3 Å². The Hall–Kier alpha value is -5.58. The molecule has 10 rings (SSSR count). The molecule has 0 atom stereocenters. The summed E-state index contributed by atoms with van der Waals surface area (Å²) in [6.07, 6.45) is 0. The highest BCUT2D eigenvalue weighted by Crippen LogP contribution is 2.52. The molecule has 3 nitrogen and oxygen atoms in total. The number of fused-ring (bicyclic) bond motifs is 7. The average molecular weight is 578 g/mol. The average Bonchev–Trinajstić information content (AvgIpc) is 3.46. The van der Waals surface area contributed by atoms with Crippen LogP contribution in [0.1, 0.15) is 0 Å². The number of rotatable bonds is 2. The van der Waals surface area contributed by atoms with Crippen molar-refractivity contribution in [3.63, 3.8) is 0 Å². The number of aromatic nitrogens is 2. The molecule has 0 aliphatic carbocycles. The molecule has 0 amide bonds. The molecule has 4 heteroatoms. The van der Waals surface area contributed by atoms with Gasteiger partial charge in [0.1, 0.15) is 0 Å². The quantitative estimate of drug-likeness (QED) is 0.205. The molecule has 1 aliphatic rings. The van der Waals surface area contributed by atoms with Gasteiger partial charge >= 0.3 is 0 Å². The Morgan fingerprint density at radius 2 is 1.16 bits per heavy atom. The lowest BCUT2D eigenvalue weighted by Crippen LogP contribution is -2.18. The van der Waals surface area contributed by atoms with Crippen molar-refractivity contribution in [2.75, 3.05) is 4.90 Å². The molecule has 2 aromatic heterocycles. The Morgan fingerprint density at radius 1 is 0.477 bits per heavy atom. The van der Waals surface area contributed by atoms with E-state index in [1.165, 1.54) is 52.8 Å². The van der Waals surface area contributed by atoms with Crippen LogP contribution in [0, 0.1) is 0 Å². The first-order chi connectivity index (χ1) is 21.8. The van der Waals surface area contributed by atoms with Gasteiger partial charge in [0, 0.05) is 42.1 Å². The summed E-state index contributed by atoms with van der Waals surface area (Å²) in [5.74, 6) is 0.676. The normalized spacial score (nSPS) is 12.5. The van der Waals surface area contributed by atoms with Crippen LogP contribution in [0.5, 0.6) is 0 Å². The number of nitrogens with zero attached hydrogens (tertiary/aromatic N) is 3. The molecule has 0 fully saturated rings. The molecule has 1 aliphatic heterocycles. The lowest BCUT2D eigenvalue weighted by atomic mass is 9.89. The fourth-order valence-electron chi connectivity index (χ4n) is 7.01. The number of para-hydroxylation sites is 1. The Labute approximate surface area is 257 Å². The van der Waals surface area contributed by atoms with Crippen molar-refractivity contribution in [3.05, 3.63) is 140 Å². The maximum Gasteiger partial charge on any atom is 0.235 e. The second-order valence-corrected chi connectivity index (χ2v) is 12.5. The highest BCUT2D eigenvalue weighted by atomic mass is 32.1. The van der Waals surface area contributed by atoms with Crippen LogP contribution < -0.4 is 4.90 Å². The summed E-state index contributed by atoms with van der Waals surface area (Å²) in [4.78, 5) is 13.0. The van der Waals surface area contributed by atoms with Crippen LogP contribution in [0.3, 0.4) is 0 Å². The van der Waals surface area contributed by atoms with Crippen LogP contribution in [-0.2, 0) is 0 Å². The van der Waals surface area contributed by atoms with Crippen LogP contribution in [0.15, 0.2) is 140 Å². The molecular formula is C40H23N3S. The van der Waals surface area contributed by atoms with Gasteiger partial charge in [0.2, 0.25) is 5.95 Å². The lowest BCUT2D eigenvalue weighted by Gasteiger charge is -2.32. The third-order valence-electron chi connectivity index (χ3n) is 8.97. The lowest BCUT2D eigenvalue weighted by molar-refractivity contribution is 1.12. The van der Waals surface area contributed by atoms with Gasteiger partial charge in [-0.05, 0) is 52.1 Å². The highest BCUT2D eigenvalue weighted by Gasteiger charge is 2.29. The molecule has 0 unspecified atom stereocenters. The third kappa shape index (κ3) is 3.31. The SMILES string of the molecule is c1ccc2cc3c(cc2c1)-c1cccc2cccc(c12)N3c1nc(-c2cccc3c2sc2ccccc23)c2ccccc2n1. The minimum absolute atomic E-state index is 0.676. The molecule has 0 bridgehead atoms. The first-order valence-electron chi connectivity index (χ1n) is 14.8. The van der Waals surface area contributed by atoms with Crippen LogP contribution >= 0.6 is 11.3 Å². The highest BCUT2D eigenvalue weighted by molar-refractivity contribution is 7.26. The van der Waals surface area contributed by atoms with Gasteiger partial charge in [0.05, 0.1) is 22.6 Å². The molecule has 0 saturated heterocycles. The van der Waals surface area contributed by atoms with Crippen molar-refractivity contribution in [2.45, 2.75) is 0 Å². The van der Waals surface area contributed by atoms with Crippen molar-refractivity contribution >= 4 is 81.3 Å². The second-order valence-electron chi connectivity index (χ2n) is 11.4. The van der Waals surface area contributed by atoms with Gasteiger partial charge in [0.25, 0.3) is 0 Å². The Morgan fingerprint density at radius 3 is 2.07 bits per heavy atom. The van der Waals surface area contributed by atoms with Crippen molar-refractivity contribution < 1.29 is 0 Å². The van der Waals surface area contributed by atoms with Crippen molar-refractivity contribution in [2.24, 2.45) is 0 Å². The summed E-state index contributed by atoms with van der Waals surface area (Å²) >= 11 is 1.84. The van der Waals surface area contributed by atoms with Crippen LogP contribution in [0.2, 0.25) is 0 Å². The van der Waals surface area contributed by atoms with E-state index in [4.69, 9.17) is 9.97 Å². The first kappa shape index (κ1) is 23.9. The maximum absolute atomic E-state index is 5.48. The van der Waals surface area contributed by atoms with E-state index in [-0.39, 0.29) is 0 Å². The van der Waals surface area contributed by atoms with Gasteiger partial charge in [-0.1, -0.05) is 109 Å². The number of anilines is 3. The Bertz CT molecular complexity index is 2630. The molecule has 204 valence electrons. The zero-order valence-corrected chi connectivity index (χ0v) is 24.3. The molecule has 0 radical (unpaired) electrons. The van der Waals surface area contributed by atoms with E-state index in [0.717, 1.165) is 33.5 Å². The molecule has 3 heterocycles. The molecule has 9 aromatic rings. The standard InChI is InChI=1S/C40H23N3S/c1-2-11-26-23-35-32(22-25(26)10-1)28-16-7-12-24-13-8-20-34(37(24)28)43(35)40-41-33-19-5-3-15-30(33)38(42-40)31-18-9-17-29-27-14-4-6-21-36(27)44-39(29)31/h1-23H. The maximum atomic E-state index is 5.48. The van der Waals surface area contributed by atoms with E-state index in [1.807, 2.05) is 11.3 Å². The third-order valence-corrected chi connectivity index (χ3v) is 10.2. The fourth-order valence-corrected chi connectivity index (χ4v) is 8.23. The van der Waals surface area contributed by atoms with Crippen molar-refractivity contribution in [1.82, 2.24) is 9.97 Å². The second kappa shape index (κ2) is 8.96. The largest absolute Gasteiger partial charge is 0.278 e. The van der Waals surface area contributed by atoms with Gasteiger partial charge in [0.15, 0.2) is 0 Å². The molecular weight excluding hydrogens is 555 g/mol. The van der Waals surface area contributed by atoms with E-state index in [2.05, 4.69) is 144 Å². The molecule has 0 spiro atoms. The number of benzene rings is 7. The topological polar surface area (TPSA) is 29.0 Å². The molecule has 44 heavy (non-hydrogen) atoms. The predicted molar refractivity (Wildman–Crippen MR) is 187 cm³/mol. The fraction of sp³-hybridized carbons (Fsp3) is 0. The van der Waals surface area contributed by atoms with Gasteiger partial charge < -0.3 is 0 Å². The summed E-state index contributed by atoms with van der Waals surface area (Å²) in [7, 11) is 0. The van der Waals surface area contributed by atoms with Crippen LogP contribution in [-0.4, -0.2) is 9.97 Å². The summed E-state index contributed by atoms with van der Waals surface area (Å²) in [6.45, 7) is 0. The Balaban J connectivity index is 1.32. The number of hydrogen-bond acceptors (Lipinski definition) is 4. The zero-order chi connectivity index (χ0) is 28.8. The zero-order valence-electron chi connectivity index (χ0n) is 23.5. The summed E-state index contributed by atoms with van der Waals surface area (Å²) in [6, 6.07) is 50.0. The monoisotopic (exact) mass is 577 g/mol. The Kier molecular flexibility index (Phi) is 4.87. The molecule has 7 aromatic carbocycles. The molecule has 0 saturated carbocycles. The minimum atomic E-state index is 0.676. The summed E-state index contributed by atoms with van der Waals surface area (Å²) in [5, 5.41) is 8.45. The minimum Gasteiger partial charge on any atom is -0.278 e. The summed E-state index contributed by atoms with van der Waals surface area (Å²) < 4.78 is 2.54. The smallest absolute Gasteiger partial charge is 0.235 e. The number of hydrogen-bond donors (Lipinski definition) is 0. The van der Waals surface area contributed by atoms with E-state index in [0.29, 0.717) is 5.95 Å². The van der Waals surface area contributed by atoms with Crippen molar-refractivity contribution in [1.29, 1.82) is 0 Å². The number of thiophene rings is 1. The van der Waals surface area contributed by atoms with E-state index < -0.39 is 0 Å². The first-order valence-corrected chi connectivity index (χ1v) is 15.7. The van der Waals surface area contributed by atoms with E-state index in [1.54, 1.807) is 0 Å². The van der Waals surface area contributed by atoms with E-state index in [9.17, 15) is 0 Å².